The third kappa shape index (κ3) is 1.90. The van der Waals surface area contributed by atoms with E-state index in [0.29, 0.717) is 5.92 Å². The van der Waals surface area contributed by atoms with Crippen LogP contribution in [0.2, 0.25) is 0 Å². The van der Waals surface area contributed by atoms with Gasteiger partial charge in [-0.2, -0.15) is 8.75 Å². The molecular weight excluding hydrogens is 180 g/mol. The summed E-state index contributed by atoms with van der Waals surface area (Å²) in [5.41, 5.74) is 2.51. The van der Waals surface area contributed by atoms with E-state index in [2.05, 4.69) is 43.4 Å². The Labute approximate surface area is 84.7 Å². The summed E-state index contributed by atoms with van der Waals surface area (Å²) < 4.78 is 8.72. The zero-order valence-corrected chi connectivity index (χ0v) is 9.90. The highest BCUT2D eigenvalue weighted by atomic mass is 32.1. The number of aryl methyl sites for hydroxylation is 1. The van der Waals surface area contributed by atoms with E-state index in [-0.39, 0.29) is 5.41 Å². The van der Waals surface area contributed by atoms with E-state index in [1.54, 1.807) is 0 Å². The third-order valence-electron chi connectivity index (χ3n) is 2.95. The first-order valence-corrected chi connectivity index (χ1v) is 5.55. The number of nitrogens with zero attached hydrogens (tertiary/aromatic N) is 2. The van der Waals surface area contributed by atoms with E-state index in [0.717, 1.165) is 6.42 Å². The van der Waals surface area contributed by atoms with Crippen LogP contribution >= 0.6 is 11.7 Å². The van der Waals surface area contributed by atoms with Crippen LogP contribution in [0.15, 0.2) is 0 Å². The normalized spacial score (nSPS) is 12.5. The summed E-state index contributed by atoms with van der Waals surface area (Å²) in [5.74, 6) is 0.599. The molecular formula is C10H18N2S. The van der Waals surface area contributed by atoms with Crippen LogP contribution in [0.5, 0.6) is 0 Å². The number of hydrogen-bond acceptors (Lipinski definition) is 3. The second-order valence-corrected chi connectivity index (χ2v) is 4.82. The number of hydrogen-bond donors (Lipinski definition) is 0. The Hall–Kier alpha value is -0.440. The van der Waals surface area contributed by atoms with Gasteiger partial charge in [0.2, 0.25) is 0 Å². The zero-order chi connectivity index (χ0) is 10.1. The topological polar surface area (TPSA) is 25.8 Å². The second kappa shape index (κ2) is 3.74. The summed E-state index contributed by atoms with van der Waals surface area (Å²) >= 11 is 1.34. The molecule has 13 heavy (non-hydrogen) atoms. The molecule has 3 heteroatoms. The predicted molar refractivity (Wildman–Crippen MR) is 57.2 cm³/mol. The maximum atomic E-state index is 4.41. The summed E-state index contributed by atoms with van der Waals surface area (Å²) in [7, 11) is 0. The van der Waals surface area contributed by atoms with E-state index in [9.17, 15) is 0 Å². The van der Waals surface area contributed by atoms with E-state index >= 15 is 0 Å². The van der Waals surface area contributed by atoms with Crippen LogP contribution in [0.3, 0.4) is 0 Å². The molecule has 0 N–H and O–H groups in total. The fraction of sp³-hybridized carbons (Fsp3) is 0.800. The van der Waals surface area contributed by atoms with Crippen LogP contribution in [0.4, 0.5) is 0 Å². The van der Waals surface area contributed by atoms with Crippen molar-refractivity contribution in [3.8, 4) is 0 Å². The molecule has 0 atom stereocenters. The molecule has 74 valence electrons. The van der Waals surface area contributed by atoms with Crippen LogP contribution in [-0.2, 0) is 11.8 Å². The summed E-state index contributed by atoms with van der Waals surface area (Å²) in [6.45, 7) is 11.1. The molecule has 2 nitrogen and oxygen atoms in total. The van der Waals surface area contributed by atoms with Gasteiger partial charge in [0.1, 0.15) is 0 Å². The Balaban J connectivity index is 3.06. The van der Waals surface area contributed by atoms with Crippen molar-refractivity contribution in [2.75, 3.05) is 0 Å². The molecule has 0 fully saturated rings. The highest BCUT2D eigenvalue weighted by Crippen LogP contribution is 2.32. The summed E-state index contributed by atoms with van der Waals surface area (Å²) in [5, 5.41) is 0. The van der Waals surface area contributed by atoms with Gasteiger partial charge in [-0.05, 0) is 12.3 Å². The van der Waals surface area contributed by atoms with Gasteiger partial charge >= 0.3 is 0 Å². The minimum atomic E-state index is 0.151. The number of rotatable bonds is 3. The van der Waals surface area contributed by atoms with Crippen LogP contribution in [0, 0.1) is 5.92 Å². The maximum absolute atomic E-state index is 4.41. The van der Waals surface area contributed by atoms with E-state index in [4.69, 9.17) is 0 Å². The lowest BCUT2D eigenvalue weighted by molar-refractivity contribution is 0.362. The first kappa shape index (κ1) is 10.6. The van der Waals surface area contributed by atoms with Gasteiger partial charge in [0.25, 0.3) is 0 Å². The first-order chi connectivity index (χ1) is 6.00. The smallest absolute Gasteiger partial charge is 0.0833 e. The average Bonchev–Trinajstić information content (AvgIpc) is 2.51. The van der Waals surface area contributed by atoms with Gasteiger partial charge < -0.3 is 0 Å². The molecule has 0 spiro atoms. The molecule has 0 aliphatic rings. The van der Waals surface area contributed by atoms with Gasteiger partial charge in [0.05, 0.1) is 23.1 Å². The minimum Gasteiger partial charge on any atom is -0.178 e. The average molecular weight is 198 g/mol. The molecule has 1 heterocycles. The lowest BCUT2D eigenvalue weighted by Crippen LogP contribution is -2.26. The molecule has 0 saturated heterocycles. The highest BCUT2D eigenvalue weighted by molar-refractivity contribution is 6.99. The fourth-order valence-electron chi connectivity index (χ4n) is 1.20. The monoisotopic (exact) mass is 198 g/mol. The zero-order valence-electron chi connectivity index (χ0n) is 9.09. The van der Waals surface area contributed by atoms with Crippen LogP contribution in [0.25, 0.3) is 0 Å². The van der Waals surface area contributed by atoms with E-state index < -0.39 is 0 Å². The van der Waals surface area contributed by atoms with Crippen molar-refractivity contribution in [3.63, 3.8) is 0 Å². The van der Waals surface area contributed by atoms with Crippen LogP contribution < -0.4 is 0 Å². The Morgan fingerprint density at radius 1 is 1.31 bits per heavy atom. The lowest BCUT2D eigenvalue weighted by atomic mass is 9.77. The Morgan fingerprint density at radius 3 is 2.38 bits per heavy atom. The Kier molecular flexibility index (Phi) is 3.06. The highest BCUT2D eigenvalue weighted by Gasteiger charge is 2.29. The van der Waals surface area contributed by atoms with Crippen molar-refractivity contribution in [2.24, 2.45) is 5.92 Å². The van der Waals surface area contributed by atoms with Gasteiger partial charge in [-0.25, -0.2) is 0 Å². The second-order valence-electron chi connectivity index (χ2n) is 4.29. The molecule has 0 amide bonds. The van der Waals surface area contributed by atoms with Crippen molar-refractivity contribution in [1.29, 1.82) is 0 Å². The molecule has 0 radical (unpaired) electrons. The molecule has 0 aliphatic carbocycles. The molecule has 0 unspecified atom stereocenters. The van der Waals surface area contributed by atoms with Gasteiger partial charge in [-0.1, -0.05) is 34.6 Å². The van der Waals surface area contributed by atoms with Crippen molar-refractivity contribution in [3.05, 3.63) is 11.4 Å². The molecule has 1 aromatic heterocycles. The van der Waals surface area contributed by atoms with Gasteiger partial charge in [0, 0.05) is 5.41 Å². The molecule has 1 rings (SSSR count). The molecule has 0 aromatic carbocycles. The molecule has 0 bridgehead atoms. The van der Waals surface area contributed by atoms with Crippen LogP contribution in [-0.4, -0.2) is 8.75 Å². The van der Waals surface area contributed by atoms with Gasteiger partial charge in [0.15, 0.2) is 0 Å². The molecule has 1 aromatic rings. The third-order valence-corrected chi connectivity index (χ3v) is 3.51. The van der Waals surface area contributed by atoms with Crippen molar-refractivity contribution < 1.29 is 0 Å². The van der Waals surface area contributed by atoms with E-state index in [1.807, 2.05) is 0 Å². The summed E-state index contributed by atoms with van der Waals surface area (Å²) in [6, 6.07) is 0. The summed E-state index contributed by atoms with van der Waals surface area (Å²) in [4.78, 5) is 0. The number of aromatic nitrogens is 2. The largest absolute Gasteiger partial charge is 0.178 e. The van der Waals surface area contributed by atoms with Crippen molar-refractivity contribution in [1.82, 2.24) is 8.75 Å². The Bertz CT molecular complexity index is 276. The standard InChI is InChI=1S/C10H18N2S/c1-6-8-9(12-13-11-8)10(4,5)7(2)3/h7H,6H2,1-5H3. The fourth-order valence-corrected chi connectivity index (χ4v) is 1.98. The van der Waals surface area contributed by atoms with Crippen molar-refractivity contribution in [2.45, 2.75) is 46.5 Å². The van der Waals surface area contributed by atoms with Crippen LogP contribution in [0.1, 0.15) is 46.0 Å². The quantitative estimate of drug-likeness (QED) is 0.746. The molecule has 0 aliphatic heterocycles. The van der Waals surface area contributed by atoms with Gasteiger partial charge in [-0.3, -0.25) is 0 Å². The van der Waals surface area contributed by atoms with Gasteiger partial charge in [-0.15, -0.1) is 0 Å². The van der Waals surface area contributed by atoms with Crippen molar-refractivity contribution >= 4 is 11.7 Å². The van der Waals surface area contributed by atoms with E-state index in [1.165, 1.54) is 23.1 Å². The first-order valence-electron chi connectivity index (χ1n) is 4.82. The molecule has 0 saturated carbocycles. The maximum Gasteiger partial charge on any atom is 0.0833 e. The summed E-state index contributed by atoms with van der Waals surface area (Å²) in [6.07, 6.45) is 0.988. The predicted octanol–water partition coefficient (Wildman–Crippen LogP) is 3.03. The lowest BCUT2D eigenvalue weighted by Gasteiger charge is -2.27. The Morgan fingerprint density at radius 2 is 1.92 bits per heavy atom. The SMILES string of the molecule is CCc1nsnc1C(C)(C)C(C)C. The minimum absolute atomic E-state index is 0.151.